The molecule has 0 fully saturated rings. The van der Waals surface area contributed by atoms with E-state index in [1.807, 2.05) is 0 Å². The molecule has 0 aliphatic rings. The summed E-state index contributed by atoms with van der Waals surface area (Å²) in [5.41, 5.74) is 5.87. The van der Waals surface area contributed by atoms with E-state index in [1.165, 1.54) is 0 Å². The Morgan fingerprint density at radius 1 is 1.62 bits per heavy atom. The van der Waals surface area contributed by atoms with Crippen molar-refractivity contribution in [3.63, 3.8) is 0 Å². The Bertz CT molecular complexity index is 378. The fourth-order valence-corrected chi connectivity index (χ4v) is 1.90. The molecule has 1 amide bonds. The van der Waals surface area contributed by atoms with Crippen molar-refractivity contribution in [1.29, 1.82) is 0 Å². The van der Waals surface area contributed by atoms with Gasteiger partial charge in [-0.15, -0.1) is 0 Å². The van der Waals surface area contributed by atoms with Crippen molar-refractivity contribution >= 4 is 22.2 Å². The first kappa shape index (κ1) is 12.6. The van der Waals surface area contributed by atoms with Crippen molar-refractivity contribution in [2.45, 2.75) is 19.4 Å². The Morgan fingerprint density at radius 3 is 2.94 bits per heavy atom. The van der Waals surface area contributed by atoms with Crippen molar-refractivity contribution in [3.8, 4) is 0 Å². The van der Waals surface area contributed by atoms with Crippen LogP contribution in [0.5, 0.6) is 0 Å². The van der Waals surface area contributed by atoms with Crippen LogP contribution in [0.1, 0.15) is 18.4 Å². The third-order valence-corrected chi connectivity index (χ3v) is 2.85. The molecule has 1 aromatic rings. The number of nitro groups is 1. The summed E-state index contributed by atoms with van der Waals surface area (Å²) < 4.78 is 0. The van der Waals surface area contributed by atoms with Crippen LogP contribution in [0.2, 0.25) is 0 Å². The molecular weight excluding hydrogens is 230 g/mol. The molecule has 0 aliphatic carbocycles. The molecule has 16 heavy (non-hydrogen) atoms. The minimum absolute atomic E-state index is 0.147. The second-order valence-electron chi connectivity index (χ2n) is 3.30. The van der Waals surface area contributed by atoms with Crippen LogP contribution in [-0.2, 0) is 11.3 Å². The van der Waals surface area contributed by atoms with Crippen LogP contribution in [0.25, 0.3) is 0 Å². The molecule has 6 nitrogen and oxygen atoms in total. The Morgan fingerprint density at radius 2 is 2.38 bits per heavy atom. The summed E-state index contributed by atoms with van der Waals surface area (Å²) in [4.78, 5) is 20.4. The first-order valence-corrected chi connectivity index (χ1v) is 5.68. The van der Waals surface area contributed by atoms with Crippen molar-refractivity contribution in [2.24, 2.45) is 5.73 Å². The van der Waals surface area contributed by atoms with Crippen LogP contribution < -0.4 is 11.1 Å². The Hall–Kier alpha value is -1.47. The molecular formula is C9H13N3O3S. The molecule has 1 aromatic heterocycles. The average Bonchev–Trinajstić information content (AvgIpc) is 2.65. The van der Waals surface area contributed by atoms with Gasteiger partial charge in [-0.25, -0.2) is 0 Å². The van der Waals surface area contributed by atoms with E-state index < -0.39 is 4.92 Å². The van der Waals surface area contributed by atoms with Gasteiger partial charge in [0.2, 0.25) is 5.91 Å². The highest BCUT2D eigenvalue weighted by Crippen LogP contribution is 2.22. The first-order valence-electron chi connectivity index (χ1n) is 4.80. The van der Waals surface area contributed by atoms with Crippen LogP contribution in [0, 0.1) is 10.1 Å². The van der Waals surface area contributed by atoms with Gasteiger partial charge in [-0.05, 0) is 18.5 Å². The summed E-state index contributed by atoms with van der Waals surface area (Å²) in [6.45, 7) is 1.25. The lowest BCUT2D eigenvalue weighted by molar-refractivity contribution is -0.380. The molecule has 0 aliphatic heterocycles. The normalized spacial score (nSPS) is 10.2. The quantitative estimate of drug-likeness (QED) is 0.424. The van der Waals surface area contributed by atoms with Crippen LogP contribution >= 0.6 is 11.3 Å². The van der Waals surface area contributed by atoms with Gasteiger partial charge in [-0.1, -0.05) is 11.3 Å². The van der Waals surface area contributed by atoms with Gasteiger partial charge < -0.3 is 11.1 Å². The molecule has 0 unspecified atom stereocenters. The number of rotatable bonds is 7. The zero-order valence-electron chi connectivity index (χ0n) is 8.64. The molecule has 3 N–H and O–H groups in total. The molecule has 0 aromatic carbocycles. The molecule has 7 heteroatoms. The molecule has 0 radical (unpaired) electrons. The van der Waals surface area contributed by atoms with Gasteiger partial charge in [0.05, 0.1) is 4.92 Å². The highest BCUT2D eigenvalue weighted by molar-refractivity contribution is 7.13. The monoisotopic (exact) mass is 243 g/mol. The summed E-state index contributed by atoms with van der Waals surface area (Å²) >= 11 is 1.11. The van der Waals surface area contributed by atoms with E-state index >= 15 is 0 Å². The maximum absolute atomic E-state index is 10.4. The smallest absolute Gasteiger partial charge is 0.324 e. The zero-order chi connectivity index (χ0) is 12.0. The van der Waals surface area contributed by atoms with Crippen LogP contribution in [0.15, 0.2) is 11.4 Å². The molecule has 0 bridgehead atoms. The molecule has 88 valence electrons. The van der Waals surface area contributed by atoms with Gasteiger partial charge in [-0.3, -0.25) is 14.9 Å². The number of hydrogen-bond donors (Lipinski definition) is 2. The van der Waals surface area contributed by atoms with Crippen molar-refractivity contribution in [2.75, 3.05) is 6.54 Å². The second-order valence-corrected chi connectivity index (χ2v) is 4.19. The number of thiophene rings is 1. The molecule has 1 heterocycles. The number of carbonyl (C=O) groups excluding carboxylic acids is 1. The lowest BCUT2D eigenvalue weighted by atomic mass is 10.3. The SMILES string of the molecule is NC(=O)CCCNCc1csc([N+](=O)[O-])c1. The number of amides is 1. The van der Waals surface area contributed by atoms with E-state index in [-0.39, 0.29) is 10.9 Å². The van der Waals surface area contributed by atoms with Crippen LogP contribution in [0.4, 0.5) is 5.00 Å². The second kappa shape index (κ2) is 6.19. The minimum Gasteiger partial charge on any atom is -0.370 e. The minimum atomic E-state index is -0.402. The highest BCUT2D eigenvalue weighted by atomic mass is 32.1. The van der Waals surface area contributed by atoms with Crippen LogP contribution in [0.3, 0.4) is 0 Å². The largest absolute Gasteiger partial charge is 0.370 e. The first-order chi connectivity index (χ1) is 7.59. The third-order valence-electron chi connectivity index (χ3n) is 1.93. The topological polar surface area (TPSA) is 98.3 Å². The number of nitrogens with two attached hydrogens (primary N) is 1. The van der Waals surface area contributed by atoms with Crippen LogP contribution in [-0.4, -0.2) is 17.4 Å². The van der Waals surface area contributed by atoms with E-state index in [0.717, 1.165) is 16.9 Å². The van der Waals surface area contributed by atoms with Gasteiger partial charge in [-0.2, -0.15) is 0 Å². The summed E-state index contributed by atoms with van der Waals surface area (Å²) in [7, 11) is 0. The van der Waals surface area contributed by atoms with E-state index in [2.05, 4.69) is 5.32 Å². The van der Waals surface area contributed by atoms with Gasteiger partial charge in [0.25, 0.3) is 0 Å². The lowest BCUT2D eigenvalue weighted by Gasteiger charge is -2.00. The lowest BCUT2D eigenvalue weighted by Crippen LogP contribution is -2.17. The standard InChI is InChI=1S/C9H13N3O3S/c10-8(13)2-1-3-11-5-7-4-9(12(14)15)16-6-7/h4,6,11H,1-3,5H2,(H2,10,13). The number of nitrogens with zero attached hydrogens (tertiary/aromatic N) is 1. The number of carbonyl (C=O) groups is 1. The predicted molar refractivity (Wildman–Crippen MR) is 61.1 cm³/mol. The fourth-order valence-electron chi connectivity index (χ4n) is 1.17. The van der Waals surface area contributed by atoms with E-state index in [0.29, 0.717) is 25.9 Å². The van der Waals surface area contributed by atoms with Gasteiger partial charge in [0.15, 0.2) is 0 Å². The number of hydrogen-bond acceptors (Lipinski definition) is 5. The van der Waals surface area contributed by atoms with Gasteiger partial charge >= 0.3 is 5.00 Å². The maximum atomic E-state index is 10.4. The van der Waals surface area contributed by atoms with Crippen molar-refractivity contribution in [1.82, 2.24) is 5.32 Å². The third kappa shape index (κ3) is 4.37. The molecule has 0 spiro atoms. The summed E-state index contributed by atoms with van der Waals surface area (Å²) in [6, 6.07) is 1.55. The molecule has 0 saturated carbocycles. The van der Waals surface area contributed by atoms with Gasteiger partial charge in [0, 0.05) is 24.4 Å². The Labute approximate surface area is 96.6 Å². The predicted octanol–water partition coefficient (Wildman–Crippen LogP) is 1.01. The Balaban J connectivity index is 2.21. The summed E-state index contributed by atoms with van der Waals surface area (Å²) in [5, 5.41) is 15.4. The fraction of sp³-hybridized carbons (Fsp3) is 0.444. The van der Waals surface area contributed by atoms with E-state index in [4.69, 9.17) is 5.73 Å². The molecule has 0 atom stereocenters. The average molecular weight is 243 g/mol. The number of nitrogens with one attached hydrogen (secondary N) is 1. The number of primary amides is 1. The summed E-state index contributed by atoms with van der Waals surface area (Å²) in [5.74, 6) is -0.312. The highest BCUT2D eigenvalue weighted by Gasteiger charge is 2.08. The summed E-state index contributed by atoms with van der Waals surface area (Å²) in [6.07, 6.45) is 1.04. The van der Waals surface area contributed by atoms with E-state index in [1.54, 1.807) is 11.4 Å². The van der Waals surface area contributed by atoms with Crippen molar-refractivity contribution in [3.05, 3.63) is 27.1 Å². The molecule has 0 saturated heterocycles. The van der Waals surface area contributed by atoms with E-state index in [9.17, 15) is 14.9 Å². The Kier molecular flexibility index (Phi) is 4.87. The maximum Gasteiger partial charge on any atom is 0.324 e. The van der Waals surface area contributed by atoms with Crippen molar-refractivity contribution < 1.29 is 9.72 Å². The molecule has 1 rings (SSSR count). The van der Waals surface area contributed by atoms with Gasteiger partial charge in [0.1, 0.15) is 0 Å². The zero-order valence-corrected chi connectivity index (χ0v) is 9.46.